The molecule has 0 saturated carbocycles. The van der Waals surface area contributed by atoms with Crippen LogP contribution in [0, 0.1) is 0 Å². The number of carboxylic acids is 1. The molecule has 0 amide bonds. The van der Waals surface area contributed by atoms with Crippen molar-refractivity contribution in [3.05, 3.63) is 0 Å². The first-order chi connectivity index (χ1) is 11.0. The lowest BCUT2D eigenvalue weighted by Gasteiger charge is -2.37. The molecule has 0 aliphatic carbocycles. The van der Waals surface area contributed by atoms with Gasteiger partial charge in [0.15, 0.2) is 0 Å². The average Bonchev–Trinajstić information content (AvgIpc) is 2.49. The van der Waals surface area contributed by atoms with Gasteiger partial charge in [-0.25, -0.2) is 0 Å². The van der Waals surface area contributed by atoms with Crippen LogP contribution in [0.25, 0.3) is 0 Å². The standard InChI is InChI=1S/C18H38N.C2H4O2/c1-3-4-5-6-7-8-9-10-11-13-16-19(2)17-14-12-15-18-19;1-2(3)4/h3-18H2,1-2H3;1H3,(H,3,4)/q+1;/p-1. The lowest BCUT2D eigenvalue weighted by Crippen LogP contribution is -2.48. The quantitative estimate of drug-likeness (QED) is 0.419. The summed E-state index contributed by atoms with van der Waals surface area (Å²) in [6.45, 7) is 7.59. The molecule has 0 aromatic carbocycles. The number of hydrogen-bond donors (Lipinski definition) is 0. The largest absolute Gasteiger partial charge is 0.550 e. The molecule has 1 aliphatic rings. The predicted molar refractivity (Wildman–Crippen MR) is 97.2 cm³/mol. The molecule has 0 aromatic heterocycles. The number of rotatable bonds is 11. The highest BCUT2D eigenvalue weighted by molar-refractivity contribution is 5.60. The summed E-state index contributed by atoms with van der Waals surface area (Å²) in [6, 6.07) is 0. The zero-order valence-electron chi connectivity index (χ0n) is 16.1. The monoisotopic (exact) mass is 327 g/mol. The van der Waals surface area contributed by atoms with E-state index >= 15 is 0 Å². The summed E-state index contributed by atoms with van der Waals surface area (Å²) in [7, 11) is 2.48. The smallest absolute Gasteiger partial charge is 0.0784 e. The van der Waals surface area contributed by atoms with Gasteiger partial charge in [-0.15, -0.1) is 0 Å². The Morgan fingerprint density at radius 1 is 0.826 bits per heavy atom. The summed E-state index contributed by atoms with van der Waals surface area (Å²) in [5, 5.41) is 8.89. The highest BCUT2D eigenvalue weighted by Gasteiger charge is 2.23. The third-order valence-corrected chi connectivity index (χ3v) is 4.95. The maximum absolute atomic E-state index is 8.89. The maximum Gasteiger partial charge on any atom is 0.0784 e. The Kier molecular flexibility index (Phi) is 14.6. The first-order valence-electron chi connectivity index (χ1n) is 10.0. The Hall–Kier alpha value is -0.570. The van der Waals surface area contributed by atoms with Gasteiger partial charge in [0.25, 0.3) is 0 Å². The van der Waals surface area contributed by atoms with E-state index in [9.17, 15) is 0 Å². The second-order valence-electron chi connectivity index (χ2n) is 7.52. The molecule has 1 saturated heterocycles. The van der Waals surface area contributed by atoms with E-state index in [0.717, 1.165) is 6.92 Å². The Morgan fingerprint density at radius 2 is 1.22 bits per heavy atom. The SMILES string of the molecule is CC(=O)[O-].CCCCCCCCCCCC[N+]1(C)CCCCC1. The van der Waals surface area contributed by atoms with Gasteiger partial charge < -0.3 is 14.4 Å². The number of piperidine rings is 1. The van der Waals surface area contributed by atoms with Crippen molar-refractivity contribution in [1.82, 2.24) is 0 Å². The van der Waals surface area contributed by atoms with Crippen LogP contribution in [0.4, 0.5) is 0 Å². The fraction of sp³-hybridized carbons (Fsp3) is 0.950. The number of carbonyl (C=O) groups excluding carboxylic acids is 1. The molecule has 0 aromatic rings. The molecule has 1 fully saturated rings. The van der Waals surface area contributed by atoms with E-state index < -0.39 is 5.97 Å². The minimum atomic E-state index is -1.08. The van der Waals surface area contributed by atoms with Crippen LogP contribution in [0.1, 0.15) is 97.3 Å². The summed E-state index contributed by atoms with van der Waals surface area (Å²) in [4.78, 5) is 8.89. The van der Waals surface area contributed by atoms with Crippen molar-refractivity contribution in [2.24, 2.45) is 0 Å². The molecule has 1 rings (SSSR count). The third kappa shape index (κ3) is 16.1. The van der Waals surface area contributed by atoms with E-state index in [1.54, 1.807) is 0 Å². The number of hydrogen-bond acceptors (Lipinski definition) is 2. The van der Waals surface area contributed by atoms with Crippen molar-refractivity contribution in [3.8, 4) is 0 Å². The van der Waals surface area contributed by atoms with E-state index in [2.05, 4.69) is 14.0 Å². The van der Waals surface area contributed by atoms with Gasteiger partial charge in [0.05, 0.1) is 26.7 Å². The van der Waals surface area contributed by atoms with Crippen molar-refractivity contribution < 1.29 is 14.4 Å². The van der Waals surface area contributed by atoms with Crippen LogP contribution in [0.15, 0.2) is 0 Å². The first kappa shape index (κ1) is 22.4. The van der Waals surface area contributed by atoms with Crippen LogP contribution in [0.5, 0.6) is 0 Å². The number of carbonyl (C=O) groups is 1. The number of unbranched alkanes of at least 4 members (excludes halogenated alkanes) is 9. The number of carboxylic acid groups (broad SMARTS) is 1. The Balaban J connectivity index is 0.00000108. The molecule has 3 nitrogen and oxygen atoms in total. The zero-order chi connectivity index (χ0) is 17.4. The lowest BCUT2D eigenvalue weighted by atomic mass is 10.0. The second-order valence-corrected chi connectivity index (χ2v) is 7.52. The Labute approximate surface area is 145 Å². The Bertz CT molecular complexity index is 269. The summed E-state index contributed by atoms with van der Waals surface area (Å²) in [5.41, 5.74) is 0. The molecular weight excluding hydrogens is 286 g/mol. The number of likely N-dealkylation sites (tertiary alicyclic amines) is 1. The van der Waals surface area contributed by atoms with Crippen molar-refractivity contribution in [1.29, 1.82) is 0 Å². The zero-order valence-corrected chi connectivity index (χ0v) is 16.1. The van der Waals surface area contributed by atoms with Gasteiger partial charge in [-0.3, -0.25) is 0 Å². The molecule has 138 valence electrons. The number of nitrogens with zero attached hydrogens (tertiary/aromatic N) is 1. The van der Waals surface area contributed by atoms with Gasteiger partial charge in [0.2, 0.25) is 0 Å². The third-order valence-electron chi connectivity index (χ3n) is 4.95. The molecule has 0 N–H and O–H groups in total. The van der Waals surface area contributed by atoms with Crippen molar-refractivity contribution >= 4 is 5.97 Å². The summed E-state index contributed by atoms with van der Waals surface area (Å²) >= 11 is 0. The van der Waals surface area contributed by atoms with E-state index in [1.165, 1.54) is 108 Å². The van der Waals surface area contributed by atoms with Gasteiger partial charge in [-0.1, -0.05) is 58.3 Å². The predicted octanol–water partition coefficient (Wildman–Crippen LogP) is 4.29. The van der Waals surface area contributed by atoms with Gasteiger partial charge in [0, 0.05) is 5.97 Å². The van der Waals surface area contributed by atoms with Crippen molar-refractivity contribution in [2.45, 2.75) is 97.3 Å². The molecule has 23 heavy (non-hydrogen) atoms. The van der Waals surface area contributed by atoms with Crippen LogP contribution >= 0.6 is 0 Å². The van der Waals surface area contributed by atoms with Crippen LogP contribution in [-0.2, 0) is 4.79 Å². The van der Waals surface area contributed by atoms with Gasteiger partial charge >= 0.3 is 0 Å². The topological polar surface area (TPSA) is 40.1 Å². The molecule has 1 aliphatic heterocycles. The van der Waals surface area contributed by atoms with E-state index in [4.69, 9.17) is 9.90 Å². The van der Waals surface area contributed by atoms with Crippen molar-refractivity contribution in [3.63, 3.8) is 0 Å². The normalized spacial score (nSPS) is 16.5. The van der Waals surface area contributed by atoms with Crippen LogP contribution in [0.2, 0.25) is 0 Å². The molecular formula is C20H41NO2. The van der Waals surface area contributed by atoms with Crippen LogP contribution in [-0.4, -0.2) is 37.1 Å². The van der Waals surface area contributed by atoms with Gasteiger partial charge in [-0.05, 0) is 39.0 Å². The van der Waals surface area contributed by atoms with E-state index in [-0.39, 0.29) is 0 Å². The number of aliphatic carboxylic acids is 1. The average molecular weight is 328 g/mol. The first-order valence-corrected chi connectivity index (χ1v) is 10.0. The fourth-order valence-electron chi connectivity index (χ4n) is 3.48. The van der Waals surface area contributed by atoms with Crippen LogP contribution in [0.3, 0.4) is 0 Å². The summed E-state index contributed by atoms with van der Waals surface area (Å²) in [6.07, 6.45) is 19.0. The summed E-state index contributed by atoms with van der Waals surface area (Å²) in [5.74, 6) is -1.08. The van der Waals surface area contributed by atoms with Gasteiger partial charge in [0.1, 0.15) is 0 Å². The maximum atomic E-state index is 8.89. The molecule has 0 spiro atoms. The Morgan fingerprint density at radius 3 is 1.65 bits per heavy atom. The van der Waals surface area contributed by atoms with E-state index in [0.29, 0.717) is 0 Å². The summed E-state index contributed by atoms with van der Waals surface area (Å²) < 4.78 is 1.37. The molecule has 1 heterocycles. The number of quaternary nitrogens is 1. The second kappa shape index (κ2) is 15.0. The molecule has 0 radical (unpaired) electrons. The highest BCUT2D eigenvalue weighted by atomic mass is 16.4. The van der Waals surface area contributed by atoms with Gasteiger partial charge in [-0.2, -0.15) is 0 Å². The molecule has 0 bridgehead atoms. The fourth-order valence-corrected chi connectivity index (χ4v) is 3.48. The molecule has 0 atom stereocenters. The minimum Gasteiger partial charge on any atom is -0.550 e. The molecule has 3 heteroatoms. The molecule has 0 unspecified atom stereocenters. The minimum absolute atomic E-state index is 0.972. The van der Waals surface area contributed by atoms with Crippen LogP contribution < -0.4 is 5.11 Å². The van der Waals surface area contributed by atoms with Crippen molar-refractivity contribution in [2.75, 3.05) is 26.7 Å². The lowest BCUT2D eigenvalue weighted by molar-refractivity contribution is -0.914. The van der Waals surface area contributed by atoms with E-state index in [1.807, 2.05) is 0 Å². The highest BCUT2D eigenvalue weighted by Crippen LogP contribution is 2.18.